The van der Waals surface area contributed by atoms with E-state index in [2.05, 4.69) is 0 Å². The van der Waals surface area contributed by atoms with Crippen molar-refractivity contribution in [3.63, 3.8) is 0 Å². The van der Waals surface area contributed by atoms with E-state index < -0.39 is 0 Å². The van der Waals surface area contributed by atoms with Crippen molar-refractivity contribution < 1.29 is 14.4 Å². The number of carbonyl (C=O) groups excluding carboxylic acids is 3. The Labute approximate surface area is 147 Å². The number of fused-ring (bicyclic) bond motifs is 1. The van der Waals surface area contributed by atoms with Gasteiger partial charge in [0.2, 0.25) is 17.7 Å². The number of rotatable bonds is 2. The Morgan fingerprint density at radius 1 is 0.960 bits per heavy atom. The van der Waals surface area contributed by atoms with Gasteiger partial charge in [-0.2, -0.15) is 0 Å². The van der Waals surface area contributed by atoms with Gasteiger partial charge in [-0.3, -0.25) is 14.4 Å². The molecule has 1 aromatic carbocycles. The fourth-order valence-corrected chi connectivity index (χ4v) is 3.48. The minimum Gasteiger partial charge on any atom is -0.339 e. The zero-order valence-corrected chi connectivity index (χ0v) is 14.6. The number of benzene rings is 1. The lowest BCUT2D eigenvalue weighted by Gasteiger charge is -2.37. The van der Waals surface area contributed by atoms with Crippen molar-refractivity contribution in [3.8, 4) is 0 Å². The van der Waals surface area contributed by atoms with Gasteiger partial charge in [-0.25, -0.2) is 0 Å². The minimum absolute atomic E-state index is 0.0181. The summed E-state index contributed by atoms with van der Waals surface area (Å²) in [5, 5.41) is 0. The molecule has 25 heavy (non-hydrogen) atoms. The van der Waals surface area contributed by atoms with E-state index in [1.807, 2.05) is 30.3 Å². The highest BCUT2D eigenvalue weighted by molar-refractivity contribution is 5.82. The van der Waals surface area contributed by atoms with Crippen molar-refractivity contribution in [2.45, 2.75) is 26.3 Å². The summed E-state index contributed by atoms with van der Waals surface area (Å²) in [7, 11) is 0. The van der Waals surface area contributed by atoms with E-state index in [-0.39, 0.29) is 30.2 Å². The molecule has 0 bridgehead atoms. The van der Waals surface area contributed by atoms with Gasteiger partial charge in [0, 0.05) is 46.2 Å². The molecule has 1 aromatic rings. The maximum atomic E-state index is 12.8. The zero-order chi connectivity index (χ0) is 18.0. The third-order valence-electron chi connectivity index (χ3n) is 4.91. The minimum atomic E-state index is -0.281. The van der Waals surface area contributed by atoms with Crippen molar-refractivity contribution in [3.05, 3.63) is 41.6 Å². The van der Waals surface area contributed by atoms with E-state index in [0.29, 0.717) is 26.2 Å². The van der Waals surface area contributed by atoms with Gasteiger partial charge >= 0.3 is 0 Å². The highest BCUT2D eigenvalue weighted by atomic mass is 16.2. The first-order valence-corrected chi connectivity index (χ1v) is 8.56. The molecule has 1 saturated heterocycles. The van der Waals surface area contributed by atoms with Crippen LogP contribution in [0.15, 0.2) is 30.5 Å². The van der Waals surface area contributed by atoms with Crippen molar-refractivity contribution in [2.75, 3.05) is 26.2 Å². The summed E-state index contributed by atoms with van der Waals surface area (Å²) in [6.07, 6.45) is 3.92. The van der Waals surface area contributed by atoms with E-state index in [1.165, 1.54) is 6.92 Å². The monoisotopic (exact) mass is 341 g/mol. The second-order valence-electron chi connectivity index (χ2n) is 6.48. The third kappa shape index (κ3) is 3.57. The molecule has 0 radical (unpaired) electrons. The predicted octanol–water partition coefficient (Wildman–Crippen LogP) is 1.64. The Morgan fingerprint density at radius 3 is 2.24 bits per heavy atom. The largest absolute Gasteiger partial charge is 0.339 e. The topological polar surface area (TPSA) is 60.9 Å². The Balaban J connectivity index is 1.74. The summed E-state index contributed by atoms with van der Waals surface area (Å²) in [5.74, 6) is -0.0179. The summed E-state index contributed by atoms with van der Waals surface area (Å²) in [5.41, 5.74) is 2.04. The lowest BCUT2D eigenvalue weighted by Crippen LogP contribution is -2.50. The second-order valence-corrected chi connectivity index (χ2v) is 6.48. The molecule has 0 aromatic heterocycles. The molecule has 2 heterocycles. The zero-order valence-electron chi connectivity index (χ0n) is 14.6. The van der Waals surface area contributed by atoms with Gasteiger partial charge in [-0.05, 0) is 17.2 Å². The van der Waals surface area contributed by atoms with Gasteiger partial charge < -0.3 is 14.7 Å². The van der Waals surface area contributed by atoms with Gasteiger partial charge in [-0.1, -0.05) is 24.3 Å². The van der Waals surface area contributed by atoms with Crippen LogP contribution in [0.5, 0.6) is 0 Å². The first-order valence-electron chi connectivity index (χ1n) is 8.56. The molecule has 2 aliphatic heterocycles. The molecule has 2 aliphatic rings. The van der Waals surface area contributed by atoms with Gasteiger partial charge in [0.25, 0.3) is 0 Å². The molecule has 0 aliphatic carbocycles. The van der Waals surface area contributed by atoms with Crippen molar-refractivity contribution in [2.24, 2.45) is 0 Å². The van der Waals surface area contributed by atoms with Crippen LogP contribution in [-0.2, 0) is 14.4 Å². The Hall–Kier alpha value is -2.63. The van der Waals surface area contributed by atoms with E-state index in [9.17, 15) is 14.4 Å². The maximum absolute atomic E-state index is 12.8. The van der Waals surface area contributed by atoms with Crippen LogP contribution in [0.1, 0.15) is 37.4 Å². The molecule has 6 nitrogen and oxygen atoms in total. The average Bonchev–Trinajstić information content (AvgIpc) is 2.61. The summed E-state index contributed by atoms with van der Waals surface area (Å²) < 4.78 is 0. The number of carbonyl (C=O) groups is 3. The molecule has 0 unspecified atom stereocenters. The molecule has 1 fully saturated rings. The molecule has 3 amide bonds. The summed E-state index contributed by atoms with van der Waals surface area (Å²) in [6.45, 7) is 5.29. The highest BCUT2D eigenvalue weighted by Gasteiger charge is 2.31. The van der Waals surface area contributed by atoms with Crippen LogP contribution in [0.4, 0.5) is 0 Å². The molecular formula is C19H23N3O3. The fourth-order valence-electron chi connectivity index (χ4n) is 3.48. The lowest BCUT2D eigenvalue weighted by atomic mass is 9.93. The number of hydrogen-bond donors (Lipinski definition) is 0. The predicted molar refractivity (Wildman–Crippen MR) is 94.2 cm³/mol. The van der Waals surface area contributed by atoms with Crippen LogP contribution in [0, 0.1) is 0 Å². The quantitative estimate of drug-likeness (QED) is 0.822. The molecule has 132 valence electrons. The van der Waals surface area contributed by atoms with Crippen LogP contribution in [-0.4, -0.2) is 58.6 Å². The summed E-state index contributed by atoms with van der Waals surface area (Å²) in [4.78, 5) is 41.4. The Bertz CT molecular complexity index is 720. The highest BCUT2D eigenvalue weighted by Crippen LogP contribution is 2.33. The average molecular weight is 341 g/mol. The molecular weight excluding hydrogens is 318 g/mol. The first-order chi connectivity index (χ1) is 12.0. The number of nitrogens with zero attached hydrogens (tertiary/aromatic N) is 3. The van der Waals surface area contributed by atoms with Crippen LogP contribution in [0.25, 0.3) is 6.08 Å². The van der Waals surface area contributed by atoms with E-state index in [1.54, 1.807) is 27.8 Å². The molecule has 0 spiro atoms. The van der Waals surface area contributed by atoms with Gasteiger partial charge in [0.1, 0.15) is 0 Å². The van der Waals surface area contributed by atoms with E-state index in [0.717, 1.165) is 11.1 Å². The SMILES string of the molecule is CC(=O)N1CCN(C(=O)C[C@@H]2c3ccccc3C=CN2C(C)=O)CC1. The molecule has 0 saturated carbocycles. The number of hydrogen-bond acceptors (Lipinski definition) is 3. The first kappa shape index (κ1) is 17.2. The van der Waals surface area contributed by atoms with Crippen LogP contribution in [0.2, 0.25) is 0 Å². The van der Waals surface area contributed by atoms with Gasteiger partial charge in [0.15, 0.2) is 0 Å². The lowest BCUT2D eigenvalue weighted by molar-refractivity contribution is -0.140. The molecule has 0 N–H and O–H groups in total. The van der Waals surface area contributed by atoms with Crippen LogP contribution >= 0.6 is 0 Å². The van der Waals surface area contributed by atoms with Crippen LogP contribution < -0.4 is 0 Å². The van der Waals surface area contributed by atoms with Gasteiger partial charge in [-0.15, -0.1) is 0 Å². The molecule has 3 rings (SSSR count). The Kier molecular flexibility index (Phi) is 4.88. The van der Waals surface area contributed by atoms with Crippen molar-refractivity contribution in [1.29, 1.82) is 0 Å². The maximum Gasteiger partial charge on any atom is 0.225 e. The van der Waals surface area contributed by atoms with Crippen molar-refractivity contribution in [1.82, 2.24) is 14.7 Å². The van der Waals surface area contributed by atoms with E-state index >= 15 is 0 Å². The van der Waals surface area contributed by atoms with Gasteiger partial charge in [0.05, 0.1) is 12.5 Å². The normalized spacial score (nSPS) is 19.6. The third-order valence-corrected chi connectivity index (χ3v) is 4.91. The molecule has 1 atom stereocenters. The number of piperazine rings is 1. The second kappa shape index (κ2) is 7.09. The van der Waals surface area contributed by atoms with E-state index in [4.69, 9.17) is 0 Å². The smallest absolute Gasteiger partial charge is 0.225 e. The van der Waals surface area contributed by atoms with Crippen molar-refractivity contribution >= 4 is 23.8 Å². The molecule has 6 heteroatoms. The fraction of sp³-hybridized carbons (Fsp3) is 0.421. The summed E-state index contributed by atoms with van der Waals surface area (Å²) in [6, 6.07) is 7.57. The standard InChI is InChI=1S/C19H23N3O3/c1-14(23)20-9-11-21(12-10-20)19(25)13-18-17-6-4-3-5-16(17)7-8-22(18)15(2)24/h3-8,18H,9-13H2,1-2H3/t18-/m1/s1. The van der Waals surface area contributed by atoms with Crippen LogP contribution in [0.3, 0.4) is 0 Å². The summed E-state index contributed by atoms with van der Waals surface area (Å²) >= 11 is 0. The Morgan fingerprint density at radius 2 is 1.60 bits per heavy atom. The number of amides is 3.